The molecule has 1 heterocycles. The van der Waals surface area contributed by atoms with E-state index >= 15 is 0 Å². The molecule has 0 spiro atoms. The predicted octanol–water partition coefficient (Wildman–Crippen LogP) is 2.89. The molecule has 0 amide bonds. The molecule has 0 aliphatic rings. The highest BCUT2D eigenvalue weighted by Gasteiger charge is 2.24. The lowest BCUT2D eigenvalue weighted by atomic mass is 10.1. The number of alkyl halides is 1. The van der Waals surface area contributed by atoms with Gasteiger partial charge in [0.1, 0.15) is 11.4 Å². The van der Waals surface area contributed by atoms with Crippen LogP contribution in [-0.2, 0) is 12.4 Å². The molecule has 0 saturated carbocycles. The van der Waals surface area contributed by atoms with Gasteiger partial charge in [0.25, 0.3) is 5.69 Å². The Kier molecular flexibility index (Phi) is 3.93. The van der Waals surface area contributed by atoms with Crippen molar-refractivity contribution in [2.75, 3.05) is 0 Å². The fourth-order valence-electron chi connectivity index (χ4n) is 1.83. The molecule has 1 aromatic heterocycles. The second kappa shape index (κ2) is 5.49. The number of nitrogens with zero attached hydrogens (tertiary/aromatic N) is 4. The number of rotatable bonds is 4. The van der Waals surface area contributed by atoms with E-state index in [9.17, 15) is 18.9 Å². The largest absolute Gasteiger partial charge is 0.310 e. The maximum atomic E-state index is 13.4. The van der Waals surface area contributed by atoms with E-state index in [2.05, 4.69) is 10.2 Å². The fraction of sp³-hybridized carbons (Fsp3) is 0.273. The van der Waals surface area contributed by atoms with Crippen molar-refractivity contribution in [2.24, 2.45) is 0 Å². The highest BCUT2D eigenvalue weighted by atomic mass is 35.5. The van der Waals surface area contributed by atoms with Gasteiger partial charge >= 0.3 is 0 Å². The summed E-state index contributed by atoms with van der Waals surface area (Å²) < 4.78 is 28.0. The van der Waals surface area contributed by atoms with Gasteiger partial charge in [-0.2, -0.15) is 0 Å². The molecule has 0 unspecified atom stereocenters. The lowest BCUT2D eigenvalue weighted by molar-refractivity contribution is -0.384. The molecule has 0 radical (unpaired) electrons. The van der Waals surface area contributed by atoms with Gasteiger partial charge in [0.2, 0.25) is 0 Å². The molecular formula is C11H9ClF2N4O2. The van der Waals surface area contributed by atoms with E-state index in [1.165, 1.54) is 4.57 Å². The first kappa shape index (κ1) is 14.3. The summed E-state index contributed by atoms with van der Waals surface area (Å²) in [4.78, 5) is 10.2. The zero-order chi connectivity index (χ0) is 14.9. The highest BCUT2D eigenvalue weighted by Crippen LogP contribution is 2.31. The Hall–Kier alpha value is -2.09. The second-order valence-corrected chi connectivity index (χ2v) is 4.13. The van der Waals surface area contributed by atoms with Crippen molar-refractivity contribution in [2.45, 2.75) is 19.3 Å². The molecule has 106 valence electrons. The third kappa shape index (κ3) is 2.34. The normalized spacial score (nSPS) is 10.8. The Morgan fingerprint density at radius 2 is 2.00 bits per heavy atom. The van der Waals surface area contributed by atoms with Crippen LogP contribution in [0.1, 0.15) is 12.7 Å². The molecule has 0 fully saturated rings. The van der Waals surface area contributed by atoms with Crippen LogP contribution in [0.4, 0.5) is 14.5 Å². The van der Waals surface area contributed by atoms with Crippen LogP contribution in [0.25, 0.3) is 11.4 Å². The monoisotopic (exact) mass is 302 g/mol. The van der Waals surface area contributed by atoms with Crippen molar-refractivity contribution in [1.29, 1.82) is 0 Å². The van der Waals surface area contributed by atoms with Gasteiger partial charge in [-0.25, -0.2) is 8.78 Å². The summed E-state index contributed by atoms with van der Waals surface area (Å²) >= 11 is 5.68. The standard InChI is InChI=1S/C11H9ClF2N4O2/c1-2-17-10(5-12)15-16-11(17)6-3-7(13)8(14)4-9(6)18(19)20/h3-4H,2,5H2,1H3. The lowest BCUT2D eigenvalue weighted by Gasteiger charge is -2.07. The van der Waals surface area contributed by atoms with E-state index < -0.39 is 22.2 Å². The molecule has 1 aromatic carbocycles. The molecule has 2 aromatic rings. The summed E-state index contributed by atoms with van der Waals surface area (Å²) in [5, 5.41) is 18.5. The topological polar surface area (TPSA) is 73.8 Å². The summed E-state index contributed by atoms with van der Waals surface area (Å²) in [7, 11) is 0. The lowest BCUT2D eigenvalue weighted by Crippen LogP contribution is -2.04. The minimum atomic E-state index is -1.29. The van der Waals surface area contributed by atoms with Crippen LogP contribution >= 0.6 is 11.6 Å². The van der Waals surface area contributed by atoms with Crippen LogP contribution < -0.4 is 0 Å². The Balaban J connectivity index is 2.71. The molecule has 0 N–H and O–H groups in total. The average molecular weight is 303 g/mol. The van der Waals surface area contributed by atoms with Gasteiger partial charge < -0.3 is 4.57 Å². The minimum Gasteiger partial charge on any atom is -0.310 e. The molecule has 0 aliphatic carbocycles. The van der Waals surface area contributed by atoms with Crippen LogP contribution in [-0.4, -0.2) is 19.7 Å². The van der Waals surface area contributed by atoms with Crippen molar-refractivity contribution in [1.82, 2.24) is 14.8 Å². The van der Waals surface area contributed by atoms with Gasteiger partial charge in [0.15, 0.2) is 17.5 Å². The molecule has 0 atom stereocenters. The minimum absolute atomic E-state index is 0.0539. The maximum absolute atomic E-state index is 13.4. The van der Waals surface area contributed by atoms with E-state index in [1.807, 2.05) is 0 Å². The van der Waals surface area contributed by atoms with Gasteiger partial charge in [-0.15, -0.1) is 21.8 Å². The molecule has 9 heteroatoms. The van der Waals surface area contributed by atoms with Crippen LogP contribution in [0.3, 0.4) is 0 Å². The molecule has 0 bridgehead atoms. The SMILES string of the molecule is CCn1c(CCl)nnc1-c1cc(F)c(F)cc1[N+](=O)[O-]. The number of aromatic nitrogens is 3. The quantitative estimate of drug-likeness (QED) is 0.494. The van der Waals surface area contributed by atoms with Gasteiger partial charge in [0, 0.05) is 6.54 Å². The summed E-state index contributed by atoms with van der Waals surface area (Å²) in [5.41, 5.74) is -0.716. The maximum Gasteiger partial charge on any atom is 0.283 e. The van der Waals surface area contributed by atoms with Crippen molar-refractivity contribution in [3.8, 4) is 11.4 Å². The highest BCUT2D eigenvalue weighted by molar-refractivity contribution is 6.16. The molecule has 20 heavy (non-hydrogen) atoms. The van der Waals surface area contributed by atoms with Crippen molar-refractivity contribution >= 4 is 17.3 Å². The van der Waals surface area contributed by atoms with Gasteiger partial charge in [-0.05, 0) is 13.0 Å². The summed E-state index contributed by atoms with van der Waals surface area (Å²) in [6, 6.07) is 1.27. The second-order valence-electron chi connectivity index (χ2n) is 3.86. The van der Waals surface area contributed by atoms with Gasteiger partial charge in [-0.1, -0.05) is 0 Å². The Bertz CT molecular complexity index is 675. The number of hydrogen-bond donors (Lipinski definition) is 0. The predicted molar refractivity (Wildman–Crippen MR) is 67.3 cm³/mol. The first-order valence-corrected chi connectivity index (χ1v) is 6.14. The number of nitro groups is 1. The van der Waals surface area contributed by atoms with Crippen molar-refractivity contribution in [3.63, 3.8) is 0 Å². The number of nitro benzene ring substituents is 1. The molecule has 0 saturated heterocycles. The van der Waals surface area contributed by atoms with Crippen molar-refractivity contribution < 1.29 is 13.7 Å². The third-order valence-electron chi connectivity index (χ3n) is 2.74. The summed E-state index contributed by atoms with van der Waals surface area (Å²) in [5.74, 6) is -1.96. The zero-order valence-electron chi connectivity index (χ0n) is 10.3. The van der Waals surface area contributed by atoms with Crippen LogP contribution in [0.2, 0.25) is 0 Å². The zero-order valence-corrected chi connectivity index (χ0v) is 11.1. The van der Waals surface area contributed by atoms with E-state index in [0.29, 0.717) is 18.4 Å². The number of benzene rings is 1. The first-order chi connectivity index (χ1) is 9.49. The average Bonchev–Trinajstić information content (AvgIpc) is 2.83. The third-order valence-corrected chi connectivity index (χ3v) is 2.98. The fourth-order valence-corrected chi connectivity index (χ4v) is 2.03. The number of hydrogen-bond acceptors (Lipinski definition) is 4. The van der Waals surface area contributed by atoms with E-state index in [1.54, 1.807) is 6.92 Å². The van der Waals surface area contributed by atoms with Crippen LogP contribution in [0.5, 0.6) is 0 Å². The van der Waals surface area contributed by atoms with Crippen LogP contribution in [0.15, 0.2) is 12.1 Å². The van der Waals surface area contributed by atoms with E-state index in [0.717, 1.165) is 6.07 Å². The van der Waals surface area contributed by atoms with E-state index in [4.69, 9.17) is 11.6 Å². The Morgan fingerprint density at radius 3 is 2.55 bits per heavy atom. The van der Waals surface area contributed by atoms with Crippen molar-refractivity contribution in [3.05, 3.63) is 39.7 Å². The van der Waals surface area contributed by atoms with Gasteiger partial charge in [-0.3, -0.25) is 10.1 Å². The van der Waals surface area contributed by atoms with Gasteiger partial charge in [0.05, 0.1) is 16.9 Å². The van der Waals surface area contributed by atoms with Crippen LogP contribution in [0, 0.1) is 21.7 Å². The first-order valence-electron chi connectivity index (χ1n) is 5.61. The summed E-state index contributed by atoms with van der Waals surface area (Å²) in [6.07, 6.45) is 0. The summed E-state index contributed by atoms with van der Waals surface area (Å²) in [6.45, 7) is 2.15. The molecule has 6 nitrogen and oxygen atoms in total. The molecule has 2 rings (SSSR count). The molecule has 0 aliphatic heterocycles. The Morgan fingerprint density at radius 1 is 1.35 bits per heavy atom. The number of halogens is 3. The smallest absolute Gasteiger partial charge is 0.283 e. The van der Waals surface area contributed by atoms with E-state index in [-0.39, 0.29) is 17.3 Å². The molecular weight excluding hydrogens is 294 g/mol. The Labute approximate surface area is 117 Å².